The van der Waals surface area contributed by atoms with Crippen LogP contribution < -0.4 is 0 Å². The van der Waals surface area contributed by atoms with E-state index in [9.17, 15) is 18.0 Å². The molecule has 3 rings (SSSR count). The molecule has 0 bridgehead atoms. The van der Waals surface area contributed by atoms with Gasteiger partial charge in [-0.15, -0.1) is 0 Å². The van der Waals surface area contributed by atoms with Crippen LogP contribution in [0.25, 0.3) is 0 Å². The van der Waals surface area contributed by atoms with Crippen molar-refractivity contribution < 1.29 is 18.0 Å². The van der Waals surface area contributed by atoms with E-state index in [1.54, 1.807) is 23.1 Å². The fourth-order valence-electron chi connectivity index (χ4n) is 4.34. The number of nitrogens with zero attached hydrogens (tertiary/aromatic N) is 3. The van der Waals surface area contributed by atoms with Crippen LogP contribution in [-0.2, 0) is 14.8 Å². The lowest BCUT2D eigenvalue weighted by atomic mass is 10.1. The van der Waals surface area contributed by atoms with Crippen LogP contribution >= 0.6 is 0 Å². The lowest BCUT2D eigenvalue weighted by Gasteiger charge is -2.34. The first-order valence-corrected chi connectivity index (χ1v) is 11.8. The van der Waals surface area contributed by atoms with Gasteiger partial charge < -0.3 is 9.80 Å². The van der Waals surface area contributed by atoms with Gasteiger partial charge in [0, 0.05) is 50.7 Å². The topological polar surface area (TPSA) is 78.0 Å². The lowest BCUT2D eigenvalue weighted by Crippen LogP contribution is -2.50. The van der Waals surface area contributed by atoms with E-state index in [4.69, 9.17) is 0 Å². The lowest BCUT2D eigenvalue weighted by molar-refractivity contribution is -0.129. The average molecular weight is 422 g/mol. The Morgan fingerprint density at radius 1 is 1.07 bits per heavy atom. The Bertz CT molecular complexity index is 854. The molecule has 1 heterocycles. The third-order valence-corrected chi connectivity index (χ3v) is 7.81. The molecule has 1 saturated carbocycles. The van der Waals surface area contributed by atoms with Gasteiger partial charge in [0.15, 0.2) is 0 Å². The van der Waals surface area contributed by atoms with E-state index < -0.39 is 10.0 Å². The Hall–Kier alpha value is -1.93. The summed E-state index contributed by atoms with van der Waals surface area (Å²) in [4.78, 5) is 28.4. The summed E-state index contributed by atoms with van der Waals surface area (Å²) >= 11 is 0. The number of hydrogen-bond acceptors (Lipinski definition) is 4. The SMILES string of the molecule is CC(=O)N1CCN(S(=O)(=O)c2cccc(C(=O)N(C(C)C)C3CCCC3)c2)CC1. The number of benzene rings is 1. The first-order chi connectivity index (χ1) is 13.7. The Kier molecular flexibility index (Phi) is 6.63. The smallest absolute Gasteiger partial charge is 0.254 e. The summed E-state index contributed by atoms with van der Waals surface area (Å²) < 4.78 is 27.6. The minimum absolute atomic E-state index is 0.0460. The first kappa shape index (κ1) is 21.8. The van der Waals surface area contributed by atoms with E-state index in [0.717, 1.165) is 25.7 Å². The number of sulfonamides is 1. The van der Waals surface area contributed by atoms with Crippen LogP contribution in [0.4, 0.5) is 0 Å². The molecule has 0 N–H and O–H groups in total. The van der Waals surface area contributed by atoms with E-state index in [1.807, 2.05) is 18.7 Å². The molecule has 2 fully saturated rings. The standard InChI is InChI=1S/C21H31N3O4S/c1-16(2)24(19-8-4-5-9-19)21(26)18-7-6-10-20(15-18)29(27,28)23-13-11-22(12-14-23)17(3)25/h6-7,10,15-16,19H,4-5,8-9,11-14H2,1-3H3. The van der Waals surface area contributed by atoms with Gasteiger partial charge in [-0.25, -0.2) is 8.42 Å². The maximum Gasteiger partial charge on any atom is 0.254 e. The Morgan fingerprint density at radius 3 is 2.24 bits per heavy atom. The number of amides is 2. The highest BCUT2D eigenvalue weighted by Gasteiger charge is 2.32. The number of piperazine rings is 1. The molecule has 0 unspecified atom stereocenters. The van der Waals surface area contributed by atoms with Crippen molar-refractivity contribution in [1.29, 1.82) is 0 Å². The largest absolute Gasteiger partial charge is 0.340 e. The van der Waals surface area contributed by atoms with Gasteiger partial charge >= 0.3 is 0 Å². The van der Waals surface area contributed by atoms with E-state index in [0.29, 0.717) is 18.7 Å². The molecule has 1 aromatic carbocycles. The predicted molar refractivity (Wildman–Crippen MR) is 111 cm³/mol. The highest BCUT2D eigenvalue weighted by molar-refractivity contribution is 7.89. The highest BCUT2D eigenvalue weighted by Crippen LogP contribution is 2.27. The summed E-state index contributed by atoms with van der Waals surface area (Å²) in [6.45, 7) is 6.80. The van der Waals surface area contributed by atoms with E-state index in [-0.39, 0.29) is 41.9 Å². The van der Waals surface area contributed by atoms with Crippen molar-refractivity contribution in [2.24, 2.45) is 0 Å². The number of carbonyl (C=O) groups is 2. The minimum atomic E-state index is -3.71. The number of rotatable bonds is 5. The third kappa shape index (κ3) is 4.64. The molecular formula is C21H31N3O4S. The fraction of sp³-hybridized carbons (Fsp3) is 0.619. The molecule has 1 aliphatic heterocycles. The second kappa shape index (κ2) is 8.83. The number of carbonyl (C=O) groups excluding carboxylic acids is 2. The molecular weight excluding hydrogens is 390 g/mol. The quantitative estimate of drug-likeness (QED) is 0.731. The maximum absolute atomic E-state index is 13.2. The van der Waals surface area contributed by atoms with Gasteiger partial charge in [-0.05, 0) is 44.9 Å². The van der Waals surface area contributed by atoms with Gasteiger partial charge in [0.2, 0.25) is 15.9 Å². The van der Waals surface area contributed by atoms with E-state index in [2.05, 4.69) is 0 Å². The Balaban J connectivity index is 1.81. The van der Waals surface area contributed by atoms with Crippen molar-refractivity contribution in [3.8, 4) is 0 Å². The summed E-state index contributed by atoms with van der Waals surface area (Å²) in [5, 5.41) is 0. The summed E-state index contributed by atoms with van der Waals surface area (Å²) in [7, 11) is -3.71. The van der Waals surface area contributed by atoms with Crippen LogP contribution in [-0.4, -0.2) is 72.6 Å². The van der Waals surface area contributed by atoms with Gasteiger partial charge in [0.05, 0.1) is 4.90 Å². The zero-order chi connectivity index (χ0) is 21.2. The van der Waals surface area contributed by atoms with Gasteiger partial charge in [-0.3, -0.25) is 9.59 Å². The molecule has 1 aromatic rings. The molecule has 29 heavy (non-hydrogen) atoms. The Labute approximate surface area is 173 Å². The highest BCUT2D eigenvalue weighted by atomic mass is 32.2. The van der Waals surface area contributed by atoms with Crippen molar-refractivity contribution in [1.82, 2.24) is 14.1 Å². The molecule has 8 heteroatoms. The van der Waals surface area contributed by atoms with Crippen molar-refractivity contribution >= 4 is 21.8 Å². The van der Waals surface area contributed by atoms with E-state index >= 15 is 0 Å². The number of hydrogen-bond donors (Lipinski definition) is 0. The van der Waals surface area contributed by atoms with Crippen molar-refractivity contribution in [3.63, 3.8) is 0 Å². The Morgan fingerprint density at radius 2 is 1.69 bits per heavy atom. The van der Waals surface area contributed by atoms with Gasteiger partial charge in [0.1, 0.15) is 0 Å². The summed E-state index contributed by atoms with van der Waals surface area (Å²) in [5.74, 6) is -0.152. The zero-order valence-corrected chi connectivity index (χ0v) is 18.3. The molecule has 2 aliphatic rings. The molecule has 1 saturated heterocycles. The normalized spacial score (nSPS) is 19.0. The zero-order valence-electron chi connectivity index (χ0n) is 17.5. The van der Waals surface area contributed by atoms with Crippen molar-refractivity contribution in [2.45, 2.75) is 63.4 Å². The molecule has 1 aliphatic carbocycles. The van der Waals surface area contributed by atoms with Crippen LogP contribution in [0.2, 0.25) is 0 Å². The second-order valence-corrected chi connectivity index (χ2v) is 10.1. The maximum atomic E-state index is 13.2. The predicted octanol–water partition coefficient (Wildman–Crippen LogP) is 2.33. The summed E-state index contributed by atoms with van der Waals surface area (Å²) in [6.07, 6.45) is 4.26. The molecule has 0 radical (unpaired) electrons. The summed E-state index contributed by atoms with van der Waals surface area (Å²) in [6, 6.07) is 6.66. The summed E-state index contributed by atoms with van der Waals surface area (Å²) in [5.41, 5.74) is 0.411. The molecule has 2 amide bonds. The average Bonchev–Trinajstić information content (AvgIpc) is 3.22. The van der Waals surface area contributed by atoms with Crippen LogP contribution in [0.15, 0.2) is 29.2 Å². The molecule has 160 valence electrons. The molecule has 7 nitrogen and oxygen atoms in total. The van der Waals surface area contributed by atoms with Crippen LogP contribution in [0.3, 0.4) is 0 Å². The minimum Gasteiger partial charge on any atom is -0.340 e. The van der Waals surface area contributed by atoms with Crippen LogP contribution in [0, 0.1) is 0 Å². The monoisotopic (exact) mass is 421 g/mol. The molecule has 0 atom stereocenters. The molecule has 0 aromatic heterocycles. The van der Waals surface area contributed by atoms with E-state index in [1.165, 1.54) is 17.3 Å². The van der Waals surface area contributed by atoms with Crippen LogP contribution in [0.5, 0.6) is 0 Å². The van der Waals surface area contributed by atoms with Gasteiger partial charge in [-0.2, -0.15) is 4.31 Å². The van der Waals surface area contributed by atoms with Crippen LogP contribution in [0.1, 0.15) is 56.8 Å². The van der Waals surface area contributed by atoms with Gasteiger partial charge in [-0.1, -0.05) is 18.9 Å². The van der Waals surface area contributed by atoms with Crippen molar-refractivity contribution in [2.75, 3.05) is 26.2 Å². The third-order valence-electron chi connectivity index (χ3n) is 5.91. The second-order valence-electron chi connectivity index (χ2n) is 8.18. The first-order valence-electron chi connectivity index (χ1n) is 10.4. The van der Waals surface area contributed by atoms with Gasteiger partial charge in [0.25, 0.3) is 5.91 Å². The molecule has 0 spiro atoms. The van der Waals surface area contributed by atoms with Crippen molar-refractivity contribution in [3.05, 3.63) is 29.8 Å². The fourth-order valence-corrected chi connectivity index (χ4v) is 5.80.